The summed E-state index contributed by atoms with van der Waals surface area (Å²) in [5.74, 6) is 1.14. The Kier molecular flexibility index (Phi) is 16.1. The Morgan fingerprint density at radius 3 is 2.16 bits per heavy atom. The first-order valence-electron chi connectivity index (χ1n) is 15.2. The molecule has 0 fully saturated rings. The van der Waals surface area contributed by atoms with Crippen molar-refractivity contribution in [1.29, 1.82) is 0 Å². The Labute approximate surface area is 257 Å². The number of benzene rings is 3. The van der Waals surface area contributed by atoms with Gasteiger partial charge in [0, 0.05) is 18.4 Å². The van der Waals surface area contributed by atoms with Gasteiger partial charge >= 0.3 is 0 Å². The summed E-state index contributed by atoms with van der Waals surface area (Å²) < 4.78 is 48.8. The Hall–Kier alpha value is -3.15. The summed E-state index contributed by atoms with van der Waals surface area (Å²) in [6.07, 6.45) is 4.37. The molecular formula is C35H48FO6P. The van der Waals surface area contributed by atoms with Gasteiger partial charge in [-0.15, -0.1) is 0 Å². The molecule has 0 heterocycles. The van der Waals surface area contributed by atoms with E-state index in [-0.39, 0.29) is 5.82 Å². The molecule has 0 aliphatic rings. The van der Waals surface area contributed by atoms with Gasteiger partial charge in [-0.05, 0) is 105 Å². The fraction of sp³-hybridized carbons (Fsp3) is 0.457. The normalized spacial score (nSPS) is 12.1. The van der Waals surface area contributed by atoms with Crippen LogP contribution in [0.25, 0.3) is 11.1 Å². The molecule has 0 saturated carbocycles. The van der Waals surface area contributed by atoms with Crippen LogP contribution in [0.4, 0.5) is 4.39 Å². The largest absolute Gasteiger partial charge is 0.494 e. The summed E-state index contributed by atoms with van der Waals surface area (Å²) in [6, 6.07) is 17.5. The van der Waals surface area contributed by atoms with Gasteiger partial charge in [-0.25, -0.2) is 4.39 Å². The van der Waals surface area contributed by atoms with Crippen molar-refractivity contribution < 1.29 is 32.5 Å². The Balaban J connectivity index is 0.00000119. The van der Waals surface area contributed by atoms with Crippen molar-refractivity contribution in [3.8, 4) is 22.6 Å². The molecule has 0 N–H and O–H groups in total. The second kappa shape index (κ2) is 19.2. The molecule has 0 spiro atoms. The maximum absolute atomic E-state index is 14.3. The van der Waals surface area contributed by atoms with Crippen LogP contribution in [0.2, 0.25) is 0 Å². The van der Waals surface area contributed by atoms with Gasteiger partial charge in [0.1, 0.15) is 23.9 Å². The minimum Gasteiger partial charge on any atom is -0.494 e. The minimum absolute atomic E-state index is 0.212. The Morgan fingerprint density at radius 2 is 1.58 bits per heavy atom. The van der Waals surface area contributed by atoms with Crippen LogP contribution in [0.1, 0.15) is 69.2 Å². The third-order valence-electron chi connectivity index (χ3n) is 6.75. The van der Waals surface area contributed by atoms with Crippen molar-refractivity contribution in [2.24, 2.45) is 0 Å². The zero-order valence-corrected chi connectivity index (χ0v) is 27.5. The van der Waals surface area contributed by atoms with Gasteiger partial charge in [0.05, 0.1) is 19.8 Å². The van der Waals surface area contributed by atoms with Gasteiger partial charge in [0.25, 0.3) is 6.47 Å². The monoisotopic (exact) mass is 614 g/mol. The lowest BCUT2D eigenvalue weighted by Gasteiger charge is -2.18. The van der Waals surface area contributed by atoms with E-state index in [1.165, 1.54) is 6.07 Å². The summed E-state index contributed by atoms with van der Waals surface area (Å²) in [4.78, 5) is 9.18. The molecule has 0 bridgehead atoms. The van der Waals surface area contributed by atoms with Gasteiger partial charge in [0.2, 0.25) is 7.37 Å². The molecule has 0 amide bonds. The molecule has 3 rings (SSSR count). The molecule has 6 nitrogen and oxygen atoms in total. The maximum Gasteiger partial charge on any atom is 0.293 e. The van der Waals surface area contributed by atoms with Crippen molar-refractivity contribution in [2.45, 2.75) is 73.8 Å². The molecule has 0 aliphatic heterocycles. The van der Waals surface area contributed by atoms with Crippen LogP contribution in [-0.2, 0) is 31.6 Å². The van der Waals surface area contributed by atoms with Crippen LogP contribution in [0.5, 0.6) is 11.5 Å². The average molecular weight is 615 g/mol. The maximum atomic E-state index is 14.3. The Morgan fingerprint density at radius 1 is 0.837 bits per heavy atom. The smallest absolute Gasteiger partial charge is 0.293 e. The molecule has 0 aromatic heterocycles. The van der Waals surface area contributed by atoms with Crippen molar-refractivity contribution in [3.63, 3.8) is 0 Å². The van der Waals surface area contributed by atoms with E-state index in [1.807, 2.05) is 45.0 Å². The second-order valence-electron chi connectivity index (χ2n) is 10.4. The molecule has 1 unspecified atom stereocenters. The highest BCUT2D eigenvalue weighted by atomic mass is 31.2. The summed E-state index contributed by atoms with van der Waals surface area (Å²) >= 11 is 0. The number of ether oxygens (including phenoxy) is 3. The summed E-state index contributed by atoms with van der Waals surface area (Å²) in [7, 11) is -2.55. The molecule has 3 aromatic rings. The number of hydrogen-bond acceptors (Lipinski definition) is 6. The van der Waals surface area contributed by atoms with E-state index in [4.69, 9.17) is 14.0 Å². The lowest BCUT2D eigenvalue weighted by Crippen LogP contribution is -2.05. The number of carbonyl (C=O) groups is 1. The lowest BCUT2D eigenvalue weighted by molar-refractivity contribution is -0.128. The number of halogens is 1. The fourth-order valence-electron chi connectivity index (χ4n) is 4.92. The second-order valence-corrected chi connectivity index (χ2v) is 13.1. The highest BCUT2D eigenvalue weighted by molar-refractivity contribution is 7.58. The highest BCUT2D eigenvalue weighted by Crippen LogP contribution is 2.47. The van der Waals surface area contributed by atoms with E-state index >= 15 is 0 Å². The van der Waals surface area contributed by atoms with Crippen LogP contribution in [-0.4, -0.2) is 38.6 Å². The molecule has 0 radical (unpaired) electrons. The minimum atomic E-state index is -2.55. The van der Waals surface area contributed by atoms with E-state index in [1.54, 1.807) is 6.92 Å². The Bertz CT molecular complexity index is 1290. The topological polar surface area (TPSA) is 71.1 Å². The lowest BCUT2D eigenvalue weighted by atomic mass is 9.94. The van der Waals surface area contributed by atoms with E-state index in [0.717, 1.165) is 58.4 Å². The highest BCUT2D eigenvalue weighted by Gasteiger charge is 2.21. The predicted molar refractivity (Wildman–Crippen MR) is 173 cm³/mol. The zero-order chi connectivity index (χ0) is 31.7. The standard InChI is InChI=1S/C32H42FO4P.C3H6O2/c1-6-11-27-14-15-29(22-31(27)33)36-23-26-12-9-13-28(21-26)32-24(4)19-30(20-25(32)5)35-16-10-18-38(34,17-7-2)37-8-3;1-2-5-3-4/h9,12-15,19-22H,6-8,10-11,16-18,23H2,1-5H3;3H,2H2,1H3. The fourth-order valence-corrected chi connectivity index (χ4v) is 7.16. The number of aryl methyl sites for hydroxylation is 3. The molecule has 1 atom stereocenters. The third-order valence-corrected chi connectivity index (χ3v) is 9.60. The number of rotatable bonds is 17. The summed E-state index contributed by atoms with van der Waals surface area (Å²) in [5.41, 5.74) is 6.26. The van der Waals surface area contributed by atoms with Crippen molar-refractivity contribution >= 4 is 13.8 Å². The molecule has 0 aliphatic carbocycles. The number of carbonyl (C=O) groups excluding carboxylic acids is 1. The first kappa shape index (κ1) is 36.0. The number of hydrogen-bond donors (Lipinski definition) is 0. The summed E-state index contributed by atoms with van der Waals surface area (Å²) in [6.45, 7) is 14.2. The van der Waals surface area contributed by atoms with Gasteiger partial charge in [-0.3, -0.25) is 9.36 Å². The van der Waals surface area contributed by atoms with Crippen molar-refractivity contribution in [2.75, 3.05) is 32.1 Å². The average Bonchev–Trinajstić information content (AvgIpc) is 2.97. The zero-order valence-electron chi connectivity index (χ0n) is 26.6. The summed E-state index contributed by atoms with van der Waals surface area (Å²) in [5, 5.41) is 0. The van der Waals surface area contributed by atoms with E-state index in [2.05, 4.69) is 42.8 Å². The third kappa shape index (κ3) is 12.2. The van der Waals surface area contributed by atoms with Crippen LogP contribution < -0.4 is 9.47 Å². The van der Waals surface area contributed by atoms with E-state index < -0.39 is 7.37 Å². The quantitative estimate of drug-likeness (QED) is 0.0857. The molecule has 3 aromatic carbocycles. The molecule has 43 heavy (non-hydrogen) atoms. The van der Waals surface area contributed by atoms with Gasteiger partial charge in [-0.1, -0.05) is 44.5 Å². The molecule has 0 saturated heterocycles. The SMILES string of the molecule is CCCc1ccc(OCc2cccc(-c3c(C)cc(OCCCP(=O)(CCC)OCC)cc3C)c2)cc1F.CCOC=O. The van der Waals surface area contributed by atoms with E-state index in [9.17, 15) is 13.8 Å². The van der Waals surface area contributed by atoms with E-state index in [0.29, 0.717) is 57.4 Å². The first-order valence-corrected chi connectivity index (χ1v) is 17.2. The van der Waals surface area contributed by atoms with Gasteiger partial charge < -0.3 is 18.7 Å². The van der Waals surface area contributed by atoms with Crippen LogP contribution in [0.15, 0.2) is 54.6 Å². The van der Waals surface area contributed by atoms with Crippen LogP contribution >= 0.6 is 7.37 Å². The molecule has 236 valence electrons. The van der Waals surface area contributed by atoms with Crippen molar-refractivity contribution in [3.05, 3.63) is 82.7 Å². The van der Waals surface area contributed by atoms with Gasteiger partial charge in [-0.2, -0.15) is 0 Å². The first-order chi connectivity index (χ1) is 20.7. The molecular weight excluding hydrogens is 566 g/mol. The predicted octanol–water partition coefficient (Wildman–Crippen LogP) is 9.31. The van der Waals surface area contributed by atoms with Crippen LogP contribution in [0.3, 0.4) is 0 Å². The molecule has 8 heteroatoms. The van der Waals surface area contributed by atoms with Crippen molar-refractivity contribution in [1.82, 2.24) is 0 Å². The van der Waals surface area contributed by atoms with Gasteiger partial charge in [0.15, 0.2) is 0 Å². The van der Waals surface area contributed by atoms with Crippen LogP contribution in [0, 0.1) is 19.7 Å².